The van der Waals surface area contributed by atoms with Crippen LogP contribution >= 0.6 is 0 Å². The minimum absolute atomic E-state index is 0.210. The summed E-state index contributed by atoms with van der Waals surface area (Å²) in [7, 11) is -0.0151. The number of rotatable bonds is 1. The first-order valence-electron chi connectivity index (χ1n) is 3.93. The van der Waals surface area contributed by atoms with Crippen molar-refractivity contribution in [3.8, 4) is 0 Å². The Labute approximate surface area is 76.9 Å². The van der Waals surface area contributed by atoms with E-state index < -0.39 is 7.12 Å². The van der Waals surface area contributed by atoms with E-state index in [0.29, 0.717) is 0 Å². The molecule has 3 nitrogen and oxygen atoms in total. The van der Waals surface area contributed by atoms with Gasteiger partial charge in [-0.25, -0.2) is 4.39 Å². The minimum atomic E-state index is -0.436. The Balaban J connectivity index is 2.10. The molecule has 0 N–H and O–H groups in total. The maximum Gasteiger partial charge on any atom is 0.466 e. The summed E-state index contributed by atoms with van der Waals surface area (Å²) in [6, 6.07) is 6.01. The van der Waals surface area contributed by atoms with Crippen LogP contribution in [0.25, 0.3) is 0 Å². The normalized spacial score (nSPS) is 16.2. The second-order valence-corrected chi connectivity index (χ2v) is 2.66. The highest BCUT2D eigenvalue weighted by Gasteiger charge is 2.25. The Kier molecular flexibility index (Phi) is 2.68. The maximum absolute atomic E-state index is 12.5. The molecule has 0 bridgehead atoms. The topological polar surface area (TPSA) is 27.7 Å². The van der Waals surface area contributed by atoms with Gasteiger partial charge in [0.1, 0.15) is 5.82 Å². The molecule has 1 aliphatic rings. The minimum Gasteiger partial charge on any atom is -0.458 e. The lowest BCUT2D eigenvalue weighted by atomic mass is 9.75. The first kappa shape index (κ1) is 8.81. The molecule has 0 spiro atoms. The molecule has 7 heteroatoms. The van der Waals surface area contributed by atoms with E-state index in [4.69, 9.17) is 13.7 Å². The van der Waals surface area contributed by atoms with Crippen molar-refractivity contribution < 1.29 is 18.1 Å². The quantitative estimate of drug-likeness (QED) is 0.522. The summed E-state index contributed by atoms with van der Waals surface area (Å²) in [6.45, 7) is 0. The molecule has 64 valence electrons. The fourth-order valence-electron chi connectivity index (χ4n) is 1.11. The van der Waals surface area contributed by atoms with E-state index in [2.05, 4.69) is 0 Å². The third-order valence-corrected chi connectivity index (χ3v) is 1.75. The summed E-state index contributed by atoms with van der Waals surface area (Å²) in [5.74, 6) is -0.268. The van der Waals surface area contributed by atoms with Crippen LogP contribution in [0.5, 0.6) is 0 Å². The second-order valence-electron chi connectivity index (χ2n) is 2.66. The Morgan fingerprint density at radius 1 is 1.08 bits per heavy atom. The Hall–Kier alpha value is -0.775. The largest absolute Gasteiger partial charge is 0.466 e. The van der Waals surface area contributed by atoms with E-state index in [0.717, 1.165) is 5.46 Å². The third kappa shape index (κ3) is 2.12. The van der Waals surface area contributed by atoms with Gasteiger partial charge in [0, 0.05) is 0 Å². The van der Waals surface area contributed by atoms with Gasteiger partial charge in [0.2, 0.25) is 0 Å². The van der Waals surface area contributed by atoms with Crippen LogP contribution in [-0.4, -0.2) is 22.5 Å². The molecule has 13 heavy (non-hydrogen) atoms. The molecule has 0 aliphatic carbocycles. The maximum atomic E-state index is 12.5. The van der Waals surface area contributed by atoms with Gasteiger partial charge in [0.15, 0.2) is 0 Å². The van der Waals surface area contributed by atoms with Crippen LogP contribution in [0.15, 0.2) is 24.3 Å². The van der Waals surface area contributed by atoms with E-state index in [-0.39, 0.29) is 21.2 Å². The Bertz CT molecular complexity index is 275. The van der Waals surface area contributed by atoms with Crippen molar-refractivity contribution in [1.29, 1.82) is 0 Å². The monoisotopic (exact) mass is 178 g/mol. The van der Waals surface area contributed by atoms with E-state index in [1.807, 2.05) is 0 Å². The average Bonchev–Trinajstić information content (AvgIpc) is 2.20. The Morgan fingerprint density at radius 2 is 1.69 bits per heavy atom. The molecule has 0 aromatic heterocycles. The van der Waals surface area contributed by atoms with Crippen LogP contribution in [0.2, 0.25) is 0 Å². The van der Waals surface area contributed by atoms with Gasteiger partial charge in [-0.05, 0) is 17.6 Å². The molecule has 2 rings (SSSR count). The molecule has 0 radical (unpaired) electrons. The molecule has 0 atom stereocenters. The summed E-state index contributed by atoms with van der Waals surface area (Å²) < 4.78 is 27.6. The van der Waals surface area contributed by atoms with E-state index in [1.165, 1.54) is 12.1 Å². The standard InChI is InChI=1S/C6H6B3FO3/c10-6-3-1-5(2-4-6)9-12-7-11-8-13-9/h1-4,7-8H. The molecule has 0 amide bonds. The first-order valence-corrected chi connectivity index (χ1v) is 3.93. The van der Waals surface area contributed by atoms with Gasteiger partial charge in [-0.2, -0.15) is 0 Å². The molecule has 1 aliphatic heterocycles. The van der Waals surface area contributed by atoms with Crippen molar-refractivity contribution in [2.45, 2.75) is 0 Å². The van der Waals surface area contributed by atoms with Crippen molar-refractivity contribution in [3.63, 3.8) is 0 Å². The van der Waals surface area contributed by atoms with Crippen molar-refractivity contribution in [3.05, 3.63) is 30.1 Å². The highest BCUT2D eigenvalue weighted by atomic mass is 19.1. The number of halogens is 1. The van der Waals surface area contributed by atoms with Gasteiger partial charge < -0.3 is 13.7 Å². The van der Waals surface area contributed by atoms with Gasteiger partial charge in [0.05, 0.1) is 0 Å². The van der Waals surface area contributed by atoms with Crippen LogP contribution in [-0.2, 0) is 13.7 Å². The predicted octanol–water partition coefficient (Wildman–Crippen LogP) is -0.883. The van der Waals surface area contributed by atoms with Gasteiger partial charge in [-0.3, -0.25) is 0 Å². The molecule has 0 unspecified atom stereocenters. The molecule has 0 saturated carbocycles. The van der Waals surface area contributed by atoms with Crippen molar-refractivity contribution in [2.75, 3.05) is 0 Å². The van der Waals surface area contributed by atoms with Crippen LogP contribution in [0.3, 0.4) is 0 Å². The van der Waals surface area contributed by atoms with Gasteiger partial charge in [0.25, 0.3) is 0 Å². The van der Waals surface area contributed by atoms with Gasteiger partial charge in [-0.15, -0.1) is 0 Å². The van der Waals surface area contributed by atoms with Gasteiger partial charge in [-0.1, -0.05) is 12.1 Å². The number of benzene rings is 1. The second kappa shape index (κ2) is 3.96. The van der Waals surface area contributed by atoms with E-state index in [1.54, 1.807) is 12.1 Å². The molecule has 1 fully saturated rings. The first-order chi connectivity index (χ1) is 6.36. The summed E-state index contributed by atoms with van der Waals surface area (Å²) in [5, 5.41) is 0. The molecule has 1 aromatic carbocycles. The lowest BCUT2D eigenvalue weighted by Gasteiger charge is -2.19. The van der Waals surface area contributed by atoms with E-state index in [9.17, 15) is 4.39 Å². The van der Waals surface area contributed by atoms with E-state index >= 15 is 0 Å². The Morgan fingerprint density at radius 3 is 2.31 bits per heavy atom. The smallest absolute Gasteiger partial charge is 0.458 e. The van der Waals surface area contributed by atoms with Crippen LogP contribution in [0.4, 0.5) is 4.39 Å². The van der Waals surface area contributed by atoms with Crippen molar-refractivity contribution in [1.82, 2.24) is 0 Å². The average molecular weight is 178 g/mol. The molecular weight excluding hydrogens is 171 g/mol. The van der Waals surface area contributed by atoms with Crippen LogP contribution in [0.1, 0.15) is 0 Å². The zero-order valence-electron chi connectivity index (χ0n) is 6.90. The summed E-state index contributed by atoms with van der Waals surface area (Å²) in [6.07, 6.45) is 0. The number of hydrogen-bond acceptors (Lipinski definition) is 3. The zero-order chi connectivity index (χ0) is 9.10. The van der Waals surface area contributed by atoms with Gasteiger partial charge >= 0.3 is 22.5 Å². The highest BCUT2D eigenvalue weighted by molar-refractivity contribution is 6.71. The fourth-order valence-corrected chi connectivity index (χ4v) is 1.11. The lowest BCUT2D eigenvalue weighted by molar-refractivity contribution is 0.334. The highest BCUT2D eigenvalue weighted by Crippen LogP contribution is 1.99. The summed E-state index contributed by atoms with van der Waals surface area (Å²) in [4.78, 5) is 0. The predicted molar refractivity (Wildman–Crippen MR) is 49.3 cm³/mol. The molecule has 1 heterocycles. The number of hydrogen-bond donors (Lipinski definition) is 0. The SMILES string of the molecule is Fc1ccc(B2OBOBO2)cc1. The van der Waals surface area contributed by atoms with Crippen LogP contribution in [0, 0.1) is 5.82 Å². The summed E-state index contributed by atoms with van der Waals surface area (Å²) in [5.41, 5.74) is 0.796. The third-order valence-electron chi connectivity index (χ3n) is 1.75. The summed E-state index contributed by atoms with van der Waals surface area (Å²) >= 11 is 0. The molecular formula is C6H6B3FO3. The lowest BCUT2D eigenvalue weighted by Crippen LogP contribution is -2.44. The molecule has 1 saturated heterocycles. The zero-order valence-corrected chi connectivity index (χ0v) is 6.90. The van der Waals surface area contributed by atoms with Crippen molar-refractivity contribution in [2.24, 2.45) is 0 Å². The van der Waals surface area contributed by atoms with Crippen LogP contribution < -0.4 is 5.46 Å². The molecule has 1 aromatic rings. The fraction of sp³-hybridized carbons (Fsp3) is 0. The van der Waals surface area contributed by atoms with Crippen molar-refractivity contribution >= 4 is 28.0 Å².